The van der Waals surface area contributed by atoms with Crippen molar-refractivity contribution < 1.29 is 14.3 Å². The topological polar surface area (TPSA) is 62.5 Å². The summed E-state index contributed by atoms with van der Waals surface area (Å²) in [6.07, 6.45) is 8.08. The molecule has 0 spiro atoms. The molecule has 1 heterocycles. The predicted molar refractivity (Wildman–Crippen MR) is 85.2 cm³/mol. The Morgan fingerprint density at radius 3 is 2.95 bits per heavy atom. The number of carbonyl (C=O) groups excluding carboxylic acids is 1. The maximum Gasteiger partial charge on any atom is 0.244 e. The maximum absolute atomic E-state index is 11.8. The van der Waals surface area contributed by atoms with E-state index in [0.29, 0.717) is 18.4 Å². The first kappa shape index (κ1) is 15.3. The summed E-state index contributed by atoms with van der Waals surface area (Å²) in [5.74, 6) is 3.34. The van der Waals surface area contributed by atoms with Crippen molar-refractivity contribution in [2.24, 2.45) is 11.8 Å². The average Bonchev–Trinajstić information content (AvgIpc) is 3.05. The Hall–Kier alpha value is -1.55. The first-order valence-electron chi connectivity index (χ1n) is 8.35. The van der Waals surface area contributed by atoms with Crippen molar-refractivity contribution in [3.63, 3.8) is 0 Å². The SMILES string of the molecule is CC1CC1c1ccc(C=CC(=O)NCC2CCCC(O)C2)o1. The number of rotatable bonds is 5. The highest BCUT2D eigenvalue weighted by molar-refractivity contribution is 5.91. The Labute approximate surface area is 131 Å². The molecule has 4 atom stereocenters. The lowest BCUT2D eigenvalue weighted by atomic mass is 9.87. The molecule has 4 unspecified atom stereocenters. The first-order chi connectivity index (χ1) is 10.6. The van der Waals surface area contributed by atoms with Gasteiger partial charge in [0.2, 0.25) is 5.91 Å². The van der Waals surface area contributed by atoms with E-state index in [2.05, 4.69) is 12.2 Å². The molecule has 1 aromatic heterocycles. The van der Waals surface area contributed by atoms with E-state index >= 15 is 0 Å². The third kappa shape index (κ3) is 4.01. The van der Waals surface area contributed by atoms with Crippen LogP contribution in [-0.2, 0) is 4.79 Å². The van der Waals surface area contributed by atoms with Gasteiger partial charge in [-0.05, 0) is 55.7 Å². The second kappa shape index (κ2) is 6.69. The van der Waals surface area contributed by atoms with Gasteiger partial charge in [-0.25, -0.2) is 0 Å². The zero-order valence-corrected chi connectivity index (χ0v) is 13.1. The molecular weight excluding hydrogens is 278 g/mol. The summed E-state index contributed by atoms with van der Waals surface area (Å²) in [5.41, 5.74) is 0. The van der Waals surface area contributed by atoms with E-state index in [1.54, 1.807) is 6.08 Å². The first-order valence-corrected chi connectivity index (χ1v) is 8.35. The van der Waals surface area contributed by atoms with Crippen LogP contribution in [0.3, 0.4) is 0 Å². The van der Waals surface area contributed by atoms with Crippen LogP contribution >= 0.6 is 0 Å². The lowest BCUT2D eigenvalue weighted by Crippen LogP contribution is -2.31. The van der Waals surface area contributed by atoms with Crippen molar-refractivity contribution in [1.82, 2.24) is 5.32 Å². The summed E-state index contributed by atoms with van der Waals surface area (Å²) in [6.45, 7) is 2.86. The Morgan fingerprint density at radius 1 is 1.41 bits per heavy atom. The van der Waals surface area contributed by atoms with Crippen molar-refractivity contribution in [2.75, 3.05) is 6.54 Å². The van der Waals surface area contributed by atoms with Crippen LogP contribution in [0, 0.1) is 11.8 Å². The largest absolute Gasteiger partial charge is 0.461 e. The molecule has 1 amide bonds. The zero-order valence-electron chi connectivity index (χ0n) is 13.1. The maximum atomic E-state index is 11.8. The van der Waals surface area contributed by atoms with Gasteiger partial charge < -0.3 is 14.8 Å². The Balaban J connectivity index is 1.43. The molecule has 3 rings (SSSR count). The molecule has 0 aromatic carbocycles. The summed E-state index contributed by atoms with van der Waals surface area (Å²) >= 11 is 0. The molecule has 0 radical (unpaired) electrons. The van der Waals surface area contributed by atoms with Crippen LogP contribution in [0.15, 0.2) is 22.6 Å². The van der Waals surface area contributed by atoms with Crippen LogP contribution in [0.2, 0.25) is 0 Å². The normalized spacial score (nSPS) is 31.4. The van der Waals surface area contributed by atoms with E-state index < -0.39 is 0 Å². The number of hydrogen-bond donors (Lipinski definition) is 2. The second-order valence-electron chi connectivity index (χ2n) is 6.82. The highest BCUT2D eigenvalue weighted by Gasteiger charge is 2.36. The second-order valence-corrected chi connectivity index (χ2v) is 6.82. The smallest absolute Gasteiger partial charge is 0.244 e. The van der Waals surface area contributed by atoms with Crippen molar-refractivity contribution in [3.8, 4) is 0 Å². The minimum atomic E-state index is -0.197. The van der Waals surface area contributed by atoms with E-state index in [9.17, 15) is 9.90 Å². The molecule has 0 saturated heterocycles. The molecule has 4 nitrogen and oxygen atoms in total. The van der Waals surface area contributed by atoms with Gasteiger partial charge in [0.25, 0.3) is 0 Å². The van der Waals surface area contributed by atoms with Crippen LogP contribution in [0.1, 0.15) is 56.5 Å². The lowest BCUT2D eigenvalue weighted by molar-refractivity contribution is -0.116. The number of nitrogens with one attached hydrogen (secondary N) is 1. The number of aliphatic hydroxyl groups is 1. The zero-order chi connectivity index (χ0) is 15.5. The molecule has 4 heteroatoms. The van der Waals surface area contributed by atoms with Gasteiger partial charge in [-0.1, -0.05) is 13.3 Å². The molecule has 0 aliphatic heterocycles. The van der Waals surface area contributed by atoms with Crippen LogP contribution in [0.5, 0.6) is 0 Å². The molecule has 2 N–H and O–H groups in total. The van der Waals surface area contributed by atoms with Gasteiger partial charge in [0, 0.05) is 18.5 Å². The fourth-order valence-electron chi connectivity index (χ4n) is 3.29. The molecular formula is C18H25NO3. The molecule has 120 valence electrons. The molecule has 1 aromatic rings. The number of carbonyl (C=O) groups is 1. The molecule has 2 aliphatic rings. The van der Waals surface area contributed by atoms with E-state index in [0.717, 1.165) is 43.1 Å². The molecule has 2 aliphatic carbocycles. The van der Waals surface area contributed by atoms with Gasteiger partial charge in [-0.15, -0.1) is 0 Å². The van der Waals surface area contributed by atoms with Gasteiger partial charge in [0.05, 0.1) is 6.10 Å². The summed E-state index contributed by atoms with van der Waals surface area (Å²) in [6, 6.07) is 3.93. The fourth-order valence-corrected chi connectivity index (χ4v) is 3.29. The quantitative estimate of drug-likeness (QED) is 0.822. The van der Waals surface area contributed by atoms with Gasteiger partial charge in [-0.2, -0.15) is 0 Å². The third-order valence-electron chi connectivity index (χ3n) is 4.84. The van der Waals surface area contributed by atoms with Crippen LogP contribution in [0.4, 0.5) is 0 Å². The summed E-state index contributed by atoms with van der Waals surface area (Å²) < 4.78 is 5.74. The van der Waals surface area contributed by atoms with Crippen molar-refractivity contribution in [3.05, 3.63) is 29.7 Å². The average molecular weight is 303 g/mol. The van der Waals surface area contributed by atoms with Gasteiger partial charge >= 0.3 is 0 Å². The minimum Gasteiger partial charge on any atom is -0.461 e. The highest BCUT2D eigenvalue weighted by Crippen LogP contribution is 2.47. The summed E-state index contributed by atoms with van der Waals surface area (Å²) in [4.78, 5) is 11.8. The van der Waals surface area contributed by atoms with Crippen molar-refractivity contribution >= 4 is 12.0 Å². The predicted octanol–water partition coefficient (Wildman–Crippen LogP) is 3.08. The third-order valence-corrected chi connectivity index (χ3v) is 4.84. The Morgan fingerprint density at radius 2 is 2.23 bits per heavy atom. The van der Waals surface area contributed by atoms with Crippen LogP contribution in [0.25, 0.3) is 6.08 Å². The number of hydrogen-bond acceptors (Lipinski definition) is 3. The van der Waals surface area contributed by atoms with Crippen LogP contribution in [-0.4, -0.2) is 23.7 Å². The fraction of sp³-hybridized carbons (Fsp3) is 0.611. The molecule has 2 fully saturated rings. The molecule has 0 bridgehead atoms. The highest BCUT2D eigenvalue weighted by atomic mass is 16.3. The van der Waals surface area contributed by atoms with Gasteiger partial charge in [-0.3, -0.25) is 4.79 Å². The molecule has 22 heavy (non-hydrogen) atoms. The monoisotopic (exact) mass is 303 g/mol. The minimum absolute atomic E-state index is 0.0993. The Kier molecular flexibility index (Phi) is 4.67. The van der Waals surface area contributed by atoms with E-state index in [1.165, 1.54) is 12.5 Å². The molecule has 2 saturated carbocycles. The Bertz CT molecular complexity index is 548. The number of amides is 1. The standard InChI is InChI=1S/C18H25NO3/c1-12-9-16(12)17-7-5-15(22-17)6-8-18(21)19-11-13-3-2-4-14(20)10-13/h5-8,12-14,16,20H,2-4,9-11H2,1H3,(H,19,21). The van der Waals surface area contributed by atoms with Gasteiger partial charge in [0.15, 0.2) is 0 Å². The van der Waals surface area contributed by atoms with Crippen molar-refractivity contribution in [2.45, 2.75) is 51.0 Å². The van der Waals surface area contributed by atoms with Gasteiger partial charge in [0.1, 0.15) is 11.5 Å². The summed E-state index contributed by atoms with van der Waals surface area (Å²) in [7, 11) is 0. The number of aliphatic hydroxyl groups excluding tert-OH is 1. The summed E-state index contributed by atoms with van der Waals surface area (Å²) in [5, 5.41) is 12.5. The van der Waals surface area contributed by atoms with E-state index in [-0.39, 0.29) is 12.0 Å². The van der Waals surface area contributed by atoms with E-state index in [1.807, 2.05) is 12.1 Å². The lowest BCUT2D eigenvalue weighted by Gasteiger charge is -2.25. The van der Waals surface area contributed by atoms with Crippen LogP contribution < -0.4 is 5.32 Å². The number of furan rings is 1. The van der Waals surface area contributed by atoms with Crippen molar-refractivity contribution in [1.29, 1.82) is 0 Å². The van der Waals surface area contributed by atoms with E-state index in [4.69, 9.17) is 4.42 Å².